The Hall–Kier alpha value is -1.35. The molecule has 2 atom stereocenters. The van der Waals surface area contributed by atoms with E-state index in [0.29, 0.717) is 12.1 Å². The molecule has 0 radical (unpaired) electrons. The standard InChI is InChI=1S/C16H23N3/c1-2-17-14-9-4-3-5-11-16(14)19-15-10-7-6-8-13(15)12-18-19/h6-8,10,12,14,16-17H,2-5,9,11H2,1H3. The zero-order chi connectivity index (χ0) is 13.1. The Morgan fingerprint density at radius 3 is 2.95 bits per heavy atom. The van der Waals surface area contributed by atoms with Gasteiger partial charge in [0, 0.05) is 11.4 Å². The molecule has 0 aliphatic heterocycles. The molecular weight excluding hydrogens is 234 g/mol. The van der Waals surface area contributed by atoms with Crippen LogP contribution < -0.4 is 5.32 Å². The molecule has 3 nitrogen and oxygen atoms in total. The van der Waals surface area contributed by atoms with Crippen molar-refractivity contribution in [2.75, 3.05) is 6.54 Å². The molecule has 2 aromatic rings. The summed E-state index contributed by atoms with van der Waals surface area (Å²) in [4.78, 5) is 0. The van der Waals surface area contributed by atoms with Gasteiger partial charge >= 0.3 is 0 Å². The molecule has 0 saturated heterocycles. The predicted molar refractivity (Wildman–Crippen MR) is 79.3 cm³/mol. The highest BCUT2D eigenvalue weighted by atomic mass is 15.3. The fourth-order valence-corrected chi connectivity index (χ4v) is 3.34. The number of likely N-dealkylation sites (N-methyl/N-ethyl adjacent to an activating group) is 1. The number of hydrogen-bond donors (Lipinski definition) is 1. The van der Waals surface area contributed by atoms with Crippen molar-refractivity contribution in [2.24, 2.45) is 0 Å². The molecule has 3 rings (SSSR count). The highest BCUT2D eigenvalue weighted by molar-refractivity contribution is 5.78. The van der Waals surface area contributed by atoms with E-state index in [9.17, 15) is 0 Å². The van der Waals surface area contributed by atoms with Crippen molar-refractivity contribution in [2.45, 2.75) is 51.1 Å². The minimum absolute atomic E-state index is 0.502. The summed E-state index contributed by atoms with van der Waals surface area (Å²) in [6.07, 6.45) is 8.53. The third-order valence-corrected chi connectivity index (χ3v) is 4.26. The molecule has 102 valence electrons. The first-order valence-corrected chi connectivity index (χ1v) is 7.56. The minimum Gasteiger partial charge on any atom is -0.312 e. The number of aromatic nitrogens is 2. The van der Waals surface area contributed by atoms with Crippen LogP contribution in [0.4, 0.5) is 0 Å². The third kappa shape index (κ3) is 2.52. The second-order valence-electron chi connectivity index (χ2n) is 5.52. The first-order chi connectivity index (χ1) is 9.40. The maximum absolute atomic E-state index is 4.67. The molecule has 1 aromatic heterocycles. The SMILES string of the molecule is CCNC1CCCCCC1n1ncc2ccccc21. The molecule has 1 heterocycles. The van der Waals surface area contributed by atoms with Gasteiger partial charge in [0.05, 0.1) is 17.8 Å². The highest BCUT2D eigenvalue weighted by Gasteiger charge is 2.25. The lowest BCUT2D eigenvalue weighted by molar-refractivity contribution is 0.320. The summed E-state index contributed by atoms with van der Waals surface area (Å²) >= 11 is 0. The van der Waals surface area contributed by atoms with E-state index < -0.39 is 0 Å². The van der Waals surface area contributed by atoms with Crippen LogP contribution in [-0.2, 0) is 0 Å². The van der Waals surface area contributed by atoms with Gasteiger partial charge in [-0.3, -0.25) is 4.68 Å². The number of benzene rings is 1. The Labute approximate surface area is 115 Å². The number of rotatable bonds is 3. The number of nitrogens with one attached hydrogen (secondary N) is 1. The van der Waals surface area contributed by atoms with Crippen LogP contribution in [-0.4, -0.2) is 22.4 Å². The smallest absolute Gasteiger partial charge is 0.0686 e. The monoisotopic (exact) mass is 257 g/mol. The lowest BCUT2D eigenvalue weighted by Crippen LogP contribution is -2.37. The van der Waals surface area contributed by atoms with Crippen LogP contribution in [0.1, 0.15) is 45.1 Å². The molecule has 0 bridgehead atoms. The molecule has 1 aromatic carbocycles. The molecule has 1 aliphatic carbocycles. The lowest BCUT2D eigenvalue weighted by atomic mass is 10.0. The zero-order valence-electron chi connectivity index (χ0n) is 11.7. The van der Waals surface area contributed by atoms with Crippen LogP contribution in [0.3, 0.4) is 0 Å². The summed E-state index contributed by atoms with van der Waals surface area (Å²) in [5.74, 6) is 0. The maximum atomic E-state index is 4.67. The van der Waals surface area contributed by atoms with Gasteiger partial charge in [-0.05, 0) is 25.5 Å². The van der Waals surface area contributed by atoms with Crippen molar-refractivity contribution in [1.29, 1.82) is 0 Å². The normalized spacial score (nSPS) is 24.5. The van der Waals surface area contributed by atoms with Gasteiger partial charge in [0.1, 0.15) is 0 Å². The van der Waals surface area contributed by atoms with Crippen molar-refractivity contribution in [1.82, 2.24) is 15.1 Å². The molecule has 19 heavy (non-hydrogen) atoms. The third-order valence-electron chi connectivity index (χ3n) is 4.26. The Kier molecular flexibility index (Phi) is 3.83. The van der Waals surface area contributed by atoms with E-state index in [2.05, 4.69) is 46.3 Å². The number of fused-ring (bicyclic) bond motifs is 1. The van der Waals surface area contributed by atoms with E-state index in [-0.39, 0.29) is 0 Å². The van der Waals surface area contributed by atoms with E-state index >= 15 is 0 Å². The van der Waals surface area contributed by atoms with Crippen molar-refractivity contribution in [3.8, 4) is 0 Å². The van der Waals surface area contributed by atoms with Crippen LogP contribution in [0, 0.1) is 0 Å². The van der Waals surface area contributed by atoms with Gasteiger partial charge in [-0.15, -0.1) is 0 Å². The van der Waals surface area contributed by atoms with Crippen LogP contribution in [0.15, 0.2) is 30.5 Å². The second-order valence-corrected chi connectivity index (χ2v) is 5.52. The van der Waals surface area contributed by atoms with Crippen LogP contribution in [0.25, 0.3) is 10.9 Å². The Morgan fingerprint density at radius 1 is 1.21 bits per heavy atom. The molecular formula is C16H23N3. The summed E-state index contributed by atoms with van der Waals surface area (Å²) in [6.45, 7) is 3.24. The average Bonchev–Trinajstić information content (AvgIpc) is 2.73. The molecule has 3 heteroatoms. The van der Waals surface area contributed by atoms with Gasteiger partial charge in [0.25, 0.3) is 0 Å². The number of nitrogens with zero attached hydrogens (tertiary/aromatic N) is 2. The van der Waals surface area contributed by atoms with Crippen molar-refractivity contribution < 1.29 is 0 Å². The quantitative estimate of drug-likeness (QED) is 0.853. The molecule has 0 spiro atoms. The Morgan fingerprint density at radius 2 is 2.05 bits per heavy atom. The van der Waals surface area contributed by atoms with E-state index in [1.165, 1.54) is 43.0 Å². The van der Waals surface area contributed by atoms with E-state index in [0.717, 1.165) is 6.54 Å². The summed E-state index contributed by atoms with van der Waals surface area (Å²) in [5, 5.41) is 9.59. The van der Waals surface area contributed by atoms with Crippen molar-refractivity contribution >= 4 is 10.9 Å². The molecule has 1 aliphatic rings. The van der Waals surface area contributed by atoms with E-state index in [1.54, 1.807) is 0 Å². The zero-order valence-corrected chi connectivity index (χ0v) is 11.7. The topological polar surface area (TPSA) is 29.9 Å². The maximum Gasteiger partial charge on any atom is 0.0686 e. The lowest BCUT2D eigenvalue weighted by Gasteiger charge is -2.27. The van der Waals surface area contributed by atoms with Crippen LogP contribution in [0.5, 0.6) is 0 Å². The van der Waals surface area contributed by atoms with Crippen molar-refractivity contribution in [3.05, 3.63) is 30.5 Å². The van der Waals surface area contributed by atoms with Crippen LogP contribution in [0.2, 0.25) is 0 Å². The fraction of sp³-hybridized carbons (Fsp3) is 0.562. The van der Waals surface area contributed by atoms with Gasteiger partial charge in [-0.1, -0.05) is 44.4 Å². The van der Waals surface area contributed by atoms with Gasteiger partial charge in [0.2, 0.25) is 0 Å². The largest absolute Gasteiger partial charge is 0.312 e. The molecule has 0 amide bonds. The molecule has 2 unspecified atom stereocenters. The summed E-state index contributed by atoms with van der Waals surface area (Å²) < 4.78 is 2.26. The fourth-order valence-electron chi connectivity index (χ4n) is 3.34. The summed E-state index contributed by atoms with van der Waals surface area (Å²) in [7, 11) is 0. The first kappa shape index (κ1) is 12.7. The second kappa shape index (κ2) is 5.74. The van der Waals surface area contributed by atoms with Crippen LogP contribution >= 0.6 is 0 Å². The van der Waals surface area contributed by atoms with Gasteiger partial charge < -0.3 is 5.32 Å². The van der Waals surface area contributed by atoms with E-state index in [1.807, 2.05) is 6.20 Å². The average molecular weight is 257 g/mol. The predicted octanol–water partition coefficient (Wildman–Crippen LogP) is 3.52. The van der Waals surface area contributed by atoms with Gasteiger partial charge in [-0.2, -0.15) is 5.10 Å². The van der Waals surface area contributed by atoms with E-state index in [4.69, 9.17) is 0 Å². The highest BCUT2D eigenvalue weighted by Crippen LogP contribution is 2.29. The van der Waals surface area contributed by atoms with Crippen molar-refractivity contribution in [3.63, 3.8) is 0 Å². The molecule has 1 fully saturated rings. The summed E-state index contributed by atoms with van der Waals surface area (Å²) in [5.41, 5.74) is 1.28. The number of para-hydroxylation sites is 1. The molecule has 1 N–H and O–H groups in total. The first-order valence-electron chi connectivity index (χ1n) is 7.56. The summed E-state index contributed by atoms with van der Waals surface area (Å²) in [6, 6.07) is 9.61. The Bertz CT molecular complexity index is 532. The number of hydrogen-bond acceptors (Lipinski definition) is 2. The molecule has 1 saturated carbocycles. The van der Waals surface area contributed by atoms with Gasteiger partial charge in [-0.25, -0.2) is 0 Å². The minimum atomic E-state index is 0.502. The Balaban J connectivity index is 1.96. The van der Waals surface area contributed by atoms with Gasteiger partial charge in [0.15, 0.2) is 0 Å².